The molecule has 1 fully saturated rings. The number of hydrogen-bond acceptors (Lipinski definition) is 3. The van der Waals surface area contributed by atoms with E-state index in [1.165, 1.54) is 10.6 Å². The van der Waals surface area contributed by atoms with E-state index in [9.17, 15) is 8.42 Å². The van der Waals surface area contributed by atoms with Crippen molar-refractivity contribution in [2.24, 2.45) is 11.7 Å². The van der Waals surface area contributed by atoms with Gasteiger partial charge in [-0.15, -0.1) is 12.4 Å². The van der Waals surface area contributed by atoms with Crippen molar-refractivity contribution >= 4 is 22.4 Å². The van der Waals surface area contributed by atoms with Gasteiger partial charge in [-0.3, -0.25) is 0 Å². The smallest absolute Gasteiger partial charge is 0.211 e. The number of halogens is 1. The van der Waals surface area contributed by atoms with Crippen molar-refractivity contribution in [3.63, 3.8) is 0 Å². The van der Waals surface area contributed by atoms with Gasteiger partial charge >= 0.3 is 0 Å². The highest BCUT2D eigenvalue weighted by Crippen LogP contribution is 2.20. The second-order valence-electron chi connectivity index (χ2n) is 3.53. The highest BCUT2D eigenvalue weighted by molar-refractivity contribution is 7.88. The normalized spacial score (nSPS) is 26.8. The molecule has 0 aromatic heterocycles. The number of nitrogens with two attached hydrogens (primary N) is 1. The van der Waals surface area contributed by atoms with E-state index in [0.29, 0.717) is 19.0 Å². The number of rotatable bonds is 2. The van der Waals surface area contributed by atoms with Crippen molar-refractivity contribution in [1.29, 1.82) is 0 Å². The molecule has 13 heavy (non-hydrogen) atoms. The first-order valence-corrected chi connectivity index (χ1v) is 5.97. The molecule has 2 atom stereocenters. The van der Waals surface area contributed by atoms with Gasteiger partial charge < -0.3 is 5.73 Å². The fourth-order valence-corrected chi connectivity index (χ4v) is 2.38. The standard InChI is InChI=1S/C7H16N2O2S.ClH/c1-6(8)7-3-4-9(5-7)12(2,10)11;/h6-7H,3-5,8H2,1-2H3;1H. The Labute approximate surface area is 85.9 Å². The van der Waals surface area contributed by atoms with Crippen molar-refractivity contribution < 1.29 is 8.42 Å². The molecule has 0 spiro atoms. The highest BCUT2D eigenvalue weighted by atomic mass is 35.5. The summed E-state index contributed by atoms with van der Waals surface area (Å²) in [5, 5.41) is 0. The van der Waals surface area contributed by atoms with E-state index in [1.807, 2.05) is 6.92 Å². The van der Waals surface area contributed by atoms with E-state index in [4.69, 9.17) is 5.73 Å². The average molecular weight is 229 g/mol. The second-order valence-corrected chi connectivity index (χ2v) is 5.51. The fourth-order valence-electron chi connectivity index (χ4n) is 1.48. The van der Waals surface area contributed by atoms with Gasteiger partial charge in [-0.2, -0.15) is 0 Å². The van der Waals surface area contributed by atoms with Crippen LogP contribution in [0.3, 0.4) is 0 Å². The number of hydrogen-bond donors (Lipinski definition) is 1. The van der Waals surface area contributed by atoms with Crippen LogP contribution < -0.4 is 5.73 Å². The zero-order valence-electron chi connectivity index (χ0n) is 7.93. The number of sulfonamides is 1. The van der Waals surface area contributed by atoms with E-state index in [1.54, 1.807) is 0 Å². The van der Waals surface area contributed by atoms with Crippen LogP contribution in [0.2, 0.25) is 0 Å². The third kappa shape index (κ3) is 3.42. The fraction of sp³-hybridized carbons (Fsp3) is 1.00. The molecule has 0 radical (unpaired) electrons. The van der Waals surface area contributed by atoms with Gasteiger partial charge in [0.05, 0.1) is 6.26 Å². The third-order valence-corrected chi connectivity index (χ3v) is 3.67. The lowest BCUT2D eigenvalue weighted by atomic mass is 10.0. The average Bonchev–Trinajstić information content (AvgIpc) is 2.30. The van der Waals surface area contributed by atoms with Crippen molar-refractivity contribution in [2.45, 2.75) is 19.4 Å². The van der Waals surface area contributed by atoms with Gasteiger partial charge in [0.15, 0.2) is 0 Å². The van der Waals surface area contributed by atoms with Crippen LogP contribution >= 0.6 is 12.4 Å². The van der Waals surface area contributed by atoms with E-state index in [-0.39, 0.29) is 18.4 Å². The predicted molar refractivity (Wildman–Crippen MR) is 55.4 cm³/mol. The first kappa shape index (κ1) is 13.2. The largest absolute Gasteiger partial charge is 0.328 e. The minimum absolute atomic E-state index is 0. The molecule has 2 unspecified atom stereocenters. The Morgan fingerprint density at radius 3 is 2.31 bits per heavy atom. The third-order valence-electron chi connectivity index (χ3n) is 2.40. The van der Waals surface area contributed by atoms with Gasteiger partial charge in [-0.25, -0.2) is 12.7 Å². The van der Waals surface area contributed by atoms with Gasteiger partial charge in [0, 0.05) is 19.1 Å². The monoisotopic (exact) mass is 228 g/mol. The Kier molecular flexibility index (Phi) is 4.65. The summed E-state index contributed by atoms with van der Waals surface area (Å²) in [4.78, 5) is 0. The summed E-state index contributed by atoms with van der Waals surface area (Å²) in [7, 11) is -2.99. The Hall–Kier alpha value is 0.160. The molecule has 4 nitrogen and oxygen atoms in total. The molecule has 80 valence electrons. The van der Waals surface area contributed by atoms with Crippen LogP contribution in [-0.2, 0) is 10.0 Å². The van der Waals surface area contributed by atoms with Gasteiger partial charge in [0.1, 0.15) is 0 Å². The molecule has 0 amide bonds. The van der Waals surface area contributed by atoms with Gasteiger partial charge in [-0.05, 0) is 19.3 Å². The van der Waals surface area contributed by atoms with Crippen molar-refractivity contribution in [3.8, 4) is 0 Å². The van der Waals surface area contributed by atoms with Crippen LogP contribution in [0.4, 0.5) is 0 Å². The molecule has 0 aromatic carbocycles. The molecule has 0 saturated carbocycles. The van der Waals surface area contributed by atoms with Crippen LogP contribution in [0, 0.1) is 5.92 Å². The molecule has 1 aliphatic rings. The summed E-state index contributed by atoms with van der Waals surface area (Å²) in [5.41, 5.74) is 5.68. The Balaban J connectivity index is 0.00000144. The lowest BCUT2D eigenvalue weighted by molar-refractivity contribution is 0.431. The molecule has 2 N–H and O–H groups in total. The quantitative estimate of drug-likeness (QED) is 0.726. The second kappa shape index (κ2) is 4.59. The van der Waals surface area contributed by atoms with Gasteiger partial charge in [-0.1, -0.05) is 0 Å². The minimum Gasteiger partial charge on any atom is -0.328 e. The summed E-state index contributed by atoms with van der Waals surface area (Å²) in [5.74, 6) is 0.333. The summed E-state index contributed by atoms with van der Waals surface area (Å²) >= 11 is 0. The molecule has 1 aliphatic heterocycles. The van der Waals surface area contributed by atoms with Crippen LogP contribution in [0.5, 0.6) is 0 Å². The van der Waals surface area contributed by atoms with Crippen LogP contribution in [-0.4, -0.2) is 38.1 Å². The van der Waals surface area contributed by atoms with Crippen molar-refractivity contribution in [1.82, 2.24) is 4.31 Å². The van der Waals surface area contributed by atoms with Crippen LogP contribution in [0.1, 0.15) is 13.3 Å². The van der Waals surface area contributed by atoms with Gasteiger partial charge in [0.25, 0.3) is 0 Å². The molecular formula is C7H17ClN2O2S. The van der Waals surface area contributed by atoms with E-state index in [2.05, 4.69) is 0 Å². The summed E-state index contributed by atoms with van der Waals surface area (Å²) in [6.07, 6.45) is 2.14. The Bertz CT molecular complexity index is 253. The topological polar surface area (TPSA) is 63.4 Å². The van der Waals surface area contributed by atoms with Crippen LogP contribution in [0.25, 0.3) is 0 Å². The molecule has 1 heterocycles. The van der Waals surface area contributed by atoms with Crippen molar-refractivity contribution in [2.75, 3.05) is 19.3 Å². The summed E-state index contributed by atoms with van der Waals surface area (Å²) in [6, 6.07) is 0.0942. The first-order chi connectivity index (χ1) is 5.41. The minimum atomic E-state index is -2.99. The van der Waals surface area contributed by atoms with Crippen LogP contribution in [0.15, 0.2) is 0 Å². The predicted octanol–water partition coefficient (Wildman–Crippen LogP) is 0.0369. The summed E-state index contributed by atoms with van der Waals surface area (Å²) in [6.45, 7) is 3.15. The molecule has 1 saturated heterocycles. The maximum absolute atomic E-state index is 11.1. The molecular weight excluding hydrogens is 212 g/mol. The molecule has 0 aromatic rings. The molecule has 6 heteroatoms. The first-order valence-electron chi connectivity index (χ1n) is 4.12. The Morgan fingerprint density at radius 1 is 1.54 bits per heavy atom. The zero-order chi connectivity index (χ0) is 9.35. The molecule has 1 rings (SSSR count). The maximum Gasteiger partial charge on any atom is 0.211 e. The van der Waals surface area contributed by atoms with Gasteiger partial charge in [0.2, 0.25) is 10.0 Å². The Morgan fingerprint density at radius 2 is 2.08 bits per heavy atom. The molecule has 0 aliphatic carbocycles. The zero-order valence-corrected chi connectivity index (χ0v) is 9.57. The molecule has 0 bridgehead atoms. The summed E-state index contributed by atoms with van der Waals surface area (Å²) < 4.78 is 23.7. The number of nitrogens with zero attached hydrogens (tertiary/aromatic N) is 1. The SMILES string of the molecule is CC(N)C1CCN(S(C)(=O)=O)C1.Cl. The van der Waals surface area contributed by atoms with Crippen molar-refractivity contribution in [3.05, 3.63) is 0 Å². The highest BCUT2D eigenvalue weighted by Gasteiger charge is 2.30. The maximum atomic E-state index is 11.1. The lowest BCUT2D eigenvalue weighted by Crippen LogP contribution is -2.32. The van der Waals surface area contributed by atoms with E-state index >= 15 is 0 Å². The van der Waals surface area contributed by atoms with E-state index in [0.717, 1.165) is 6.42 Å². The lowest BCUT2D eigenvalue weighted by Gasteiger charge is -2.15. The van der Waals surface area contributed by atoms with E-state index < -0.39 is 10.0 Å².